The lowest BCUT2D eigenvalue weighted by atomic mass is 10.0. The molecule has 0 aliphatic heterocycles. The molecule has 6 heteroatoms. The Balaban J connectivity index is 3.39. The van der Waals surface area contributed by atoms with Gasteiger partial charge in [0.1, 0.15) is 0 Å². The maximum Gasteiger partial charge on any atom is 0.305 e. The van der Waals surface area contributed by atoms with Crippen LogP contribution in [0.5, 0.6) is 0 Å². The SMILES string of the molecule is CCCCCCCC/C=C\CCCCCCCCCCCC(=O)OCCCCCCCCCCCCCCCCCCCCCCCCC(=O)NC(CO)C(O)/C=C/CCCCCCCCCCCCCCCCCCCCC. The predicted octanol–water partition coefficient (Wildman–Crippen LogP) is 23.3. The van der Waals surface area contributed by atoms with Crippen LogP contribution < -0.4 is 5.32 Å². The van der Waals surface area contributed by atoms with Crippen LogP contribution in [0, 0.1) is 0 Å². The molecule has 79 heavy (non-hydrogen) atoms. The molecule has 3 N–H and O–H groups in total. The molecule has 0 bridgehead atoms. The number of ether oxygens (including phenoxy) is 1. The lowest BCUT2D eigenvalue weighted by molar-refractivity contribution is -0.143. The highest BCUT2D eigenvalue weighted by molar-refractivity contribution is 5.76. The van der Waals surface area contributed by atoms with E-state index in [2.05, 4.69) is 31.3 Å². The molecule has 0 aromatic heterocycles. The molecule has 0 fully saturated rings. The fourth-order valence-corrected chi connectivity index (χ4v) is 11.5. The zero-order valence-corrected chi connectivity index (χ0v) is 53.6. The number of rotatable bonds is 68. The number of amides is 1. The minimum Gasteiger partial charge on any atom is -0.466 e. The first-order valence-electron chi connectivity index (χ1n) is 36.1. The molecule has 0 aromatic rings. The molecule has 0 aliphatic rings. The second-order valence-electron chi connectivity index (χ2n) is 24.9. The van der Waals surface area contributed by atoms with Crippen molar-refractivity contribution in [1.29, 1.82) is 0 Å². The van der Waals surface area contributed by atoms with E-state index in [0.717, 1.165) is 44.9 Å². The standard InChI is InChI=1S/C73H141NO5/c1-3-5-7-9-11-13-15-17-19-21-23-26-30-33-37-41-45-49-53-57-61-65-71(76)70(69-75)74-72(77)66-62-58-54-50-46-42-38-34-31-27-24-25-28-32-36-40-44-48-52-56-60-64-68-79-73(78)67-63-59-55-51-47-43-39-35-29-22-20-18-16-14-12-10-8-6-4-2/h18,20,61,65,70-71,75-76H,3-17,19,21-60,62-64,66-69H2,1-2H3,(H,74,77)/b20-18-,65-61+. The molecule has 2 unspecified atom stereocenters. The van der Waals surface area contributed by atoms with Crippen LogP contribution in [0.1, 0.15) is 406 Å². The van der Waals surface area contributed by atoms with E-state index < -0.39 is 12.1 Å². The largest absolute Gasteiger partial charge is 0.466 e. The van der Waals surface area contributed by atoms with Crippen molar-refractivity contribution in [1.82, 2.24) is 5.32 Å². The minimum atomic E-state index is -0.846. The summed E-state index contributed by atoms with van der Waals surface area (Å²) in [6, 6.07) is -0.629. The first-order chi connectivity index (χ1) is 39.0. The van der Waals surface area contributed by atoms with Crippen LogP contribution >= 0.6 is 0 Å². The van der Waals surface area contributed by atoms with Crippen LogP contribution in [-0.4, -0.2) is 47.4 Å². The summed E-state index contributed by atoms with van der Waals surface area (Å²) >= 11 is 0. The lowest BCUT2D eigenvalue weighted by Gasteiger charge is -2.20. The van der Waals surface area contributed by atoms with Gasteiger partial charge < -0.3 is 20.3 Å². The van der Waals surface area contributed by atoms with Gasteiger partial charge in [0.2, 0.25) is 5.91 Å². The summed E-state index contributed by atoms with van der Waals surface area (Å²) in [4.78, 5) is 24.6. The van der Waals surface area contributed by atoms with Crippen LogP contribution in [0.25, 0.3) is 0 Å². The average molecular weight is 1110 g/mol. The van der Waals surface area contributed by atoms with Gasteiger partial charge in [0, 0.05) is 12.8 Å². The third kappa shape index (κ3) is 65.4. The van der Waals surface area contributed by atoms with E-state index >= 15 is 0 Å². The smallest absolute Gasteiger partial charge is 0.305 e. The lowest BCUT2D eigenvalue weighted by Crippen LogP contribution is -2.45. The molecule has 0 rings (SSSR count). The van der Waals surface area contributed by atoms with Crippen LogP contribution in [-0.2, 0) is 14.3 Å². The number of unbranched alkanes of at least 4 members (excludes halogenated alkanes) is 55. The van der Waals surface area contributed by atoms with Crippen molar-refractivity contribution in [2.75, 3.05) is 13.2 Å². The number of hydrogen-bond donors (Lipinski definition) is 3. The predicted molar refractivity (Wildman–Crippen MR) is 347 cm³/mol. The van der Waals surface area contributed by atoms with Gasteiger partial charge in [-0.05, 0) is 57.8 Å². The highest BCUT2D eigenvalue weighted by atomic mass is 16.5. The van der Waals surface area contributed by atoms with Crippen molar-refractivity contribution in [2.45, 2.75) is 418 Å². The Bertz CT molecular complexity index is 1230. The van der Waals surface area contributed by atoms with E-state index in [1.165, 1.54) is 334 Å². The molecule has 6 nitrogen and oxygen atoms in total. The van der Waals surface area contributed by atoms with Crippen molar-refractivity contribution in [2.24, 2.45) is 0 Å². The molecule has 0 heterocycles. The molecule has 0 spiro atoms. The zero-order chi connectivity index (χ0) is 57.1. The molecule has 0 aliphatic carbocycles. The summed E-state index contributed by atoms with van der Waals surface area (Å²) in [5, 5.41) is 23.3. The highest BCUT2D eigenvalue weighted by Crippen LogP contribution is 2.19. The third-order valence-electron chi connectivity index (χ3n) is 17.0. The van der Waals surface area contributed by atoms with Crippen LogP contribution in [0.4, 0.5) is 0 Å². The van der Waals surface area contributed by atoms with Gasteiger partial charge in [-0.1, -0.05) is 359 Å². The van der Waals surface area contributed by atoms with Crippen molar-refractivity contribution in [3.8, 4) is 0 Å². The fraction of sp³-hybridized carbons (Fsp3) is 0.918. The summed E-state index contributed by atoms with van der Waals surface area (Å²) in [5.74, 6) is -0.0506. The van der Waals surface area contributed by atoms with Crippen LogP contribution in [0.3, 0.4) is 0 Å². The van der Waals surface area contributed by atoms with E-state index in [9.17, 15) is 19.8 Å². The summed E-state index contributed by atoms with van der Waals surface area (Å²) in [6.07, 6.45) is 86.8. The van der Waals surface area contributed by atoms with E-state index in [0.29, 0.717) is 19.4 Å². The van der Waals surface area contributed by atoms with Crippen molar-refractivity contribution < 1.29 is 24.5 Å². The Morgan fingerprint density at radius 3 is 0.899 bits per heavy atom. The average Bonchev–Trinajstić information content (AvgIpc) is 3.45. The monoisotopic (exact) mass is 1110 g/mol. The van der Waals surface area contributed by atoms with Gasteiger partial charge in [-0.25, -0.2) is 0 Å². The van der Waals surface area contributed by atoms with Gasteiger partial charge in [0.05, 0.1) is 25.4 Å². The molecule has 468 valence electrons. The summed E-state index contributed by atoms with van der Waals surface area (Å²) < 4.78 is 5.51. The molecule has 0 aromatic carbocycles. The number of aliphatic hydroxyl groups excluding tert-OH is 2. The summed E-state index contributed by atoms with van der Waals surface area (Å²) in [5.41, 5.74) is 0. The van der Waals surface area contributed by atoms with Gasteiger partial charge in [-0.3, -0.25) is 9.59 Å². The first kappa shape index (κ1) is 77.3. The van der Waals surface area contributed by atoms with Gasteiger partial charge >= 0.3 is 5.97 Å². The molecule has 0 saturated heterocycles. The Kier molecular flexibility index (Phi) is 67.4. The van der Waals surface area contributed by atoms with Crippen LogP contribution in [0.15, 0.2) is 24.3 Å². The Morgan fingerprint density at radius 2 is 0.595 bits per heavy atom. The van der Waals surface area contributed by atoms with Gasteiger partial charge in [-0.2, -0.15) is 0 Å². The molecular weight excluding hydrogens is 971 g/mol. The maximum absolute atomic E-state index is 12.5. The second kappa shape index (κ2) is 68.8. The molecule has 0 radical (unpaired) electrons. The number of nitrogens with one attached hydrogen (secondary N) is 1. The zero-order valence-electron chi connectivity index (χ0n) is 53.6. The highest BCUT2D eigenvalue weighted by Gasteiger charge is 2.18. The molecule has 1 amide bonds. The van der Waals surface area contributed by atoms with Gasteiger partial charge in [0.25, 0.3) is 0 Å². The normalized spacial score (nSPS) is 12.6. The molecular formula is C73H141NO5. The van der Waals surface area contributed by atoms with Crippen molar-refractivity contribution >= 4 is 11.9 Å². The van der Waals surface area contributed by atoms with Gasteiger partial charge in [0.15, 0.2) is 0 Å². The number of aliphatic hydroxyl groups is 2. The summed E-state index contributed by atoms with van der Waals surface area (Å²) in [7, 11) is 0. The number of hydrogen-bond acceptors (Lipinski definition) is 5. The molecule has 2 atom stereocenters. The Morgan fingerprint density at radius 1 is 0.342 bits per heavy atom. The van der Waals surface area contributed by atoms with Crippen molar-refractivity contribution in [3.63, 3.8) is 0 Å². The van der Waals surface area contributed by atoms with E-state index in [1.54, 1.807) is 6.08 Å². The Labute approximate surface area is 494 Å². The fourth-order valence-electron chi connectivity index (χ4n) is 11.5. The number of carbonyl (C=O) groups is 2. The second-order valence-corrected chi connectivity index (χ2v) is 24.9. The number of carbonyl (C=O) groups excluding carboxylic acids is 2. The van der Waals surface area contributed by atoms with Gasteiger partial charge in [-0.15, -0.1) is 0 Å². The molecule has 0 saturated carbocycles. The maximum atomic E-state index is 12.5. The number of allylic oxidation sites excluding steroid dienone is 3. The first-order valence-corrected chi connectivity index (χ1v) is 36.1. The van der Waals surface area contributed by atoms with Crippen LogP contribution in [0.2, 0.25) is 0 Å². The number of esters is 1. The van der Waals surface area contributed by atoms with Crippen molar-refractivity contribution in [3.05, 3.63) is 24.3 Å². The minimum absolute atomic E-state index is 0.0133. The van der Waals surface area contributed by atoms with E-state index in [1.807, 2.05) is 6.08 Å². The summed E-state index contributed by atoms with van der Waals surface area (Å²) in [6.45, 7) is 4.94. The Hall–Kier alpha value is -1.66. The van der Waals surface area contributed by atoms with E-state index in [4.69, 9.17) is 4.74 Å². The third-order valence-corrected chi connectivity index (χ3v) is 17.0. The quantitative estimate of drug-likeness (QED) is 0.0320. The topological polar surface area (TPSA) is 95.9 Å². The van der Waals surface area contributed by atoms with E-state index in [-0.39, 0.29) is 18.5 Å².